The summed E-state index contributed by atoms with van der Waals surface area (Å²) in [6.45, 7) is 2.92. The van der Waals surface area contributed by atoms with E-state index < -0.39 is 41.1 Å². The minimum Gasteiger partial charge on any atom is -0.497 e. The Morgan fingerprint density at radius 2 is 1.72 bits per heavy atom. The fourth-order valence-electron chi connectivity index (χ4n) is 3.52. The maximum Gasteiger partial charge on any atom is 0.454 e. The molecule has 0 saturated heterocycles. The van der Waals surface area contributed by atoms with Gasteiger partial charge in [0, 0.05) is 16.8 Å². The number of fused-ring (bicyclic) bond motifs is 3. The van der Waals surface area contributed by atoms with Crippen LogP contribution < -0.4 is 9.64 Å². The van der Waals surface area contributed by atoms with Crippen LogP contribution in [0.3, 0.4) is 0 Å². The summed E-state index contributed by atoms with van der Waals surface area (Å²) in [4.78, 5) is 38.9. The van der Waals surface area contributed by atoms with Crippen LogP contribution in [0, 0.1) is 0 Å². The summed E-state index contributed by atoms with van der Waals surface area (Å²) in [6, 6.07) is 3.39. The van der Waals surface area contributed by atoms with E-state index in [1.54, 1.807) is 19.1 Å². The summed E-state index contributed by atoms with van der Waals surface area (Å²) in [5, 5.41) is 0. The molecule has 1 aromatic carbocycles. The molecule has 1 atom stereocenters. The highest BCUT2D eigenvalue weighted by atomic mass is 19.4. The molecular weight excluding hydrogens is 431 g/mol. The quantitative estimate of drug-likeness (QED) is 0.614. The van der Waals surface area contributed by atoms with Gasteiger partial charge in [-0.25, -0.2) is 9.59 Å². The second-order valence-corrected chi connectivity index (χ2v) is 6.73. The Morgan fingerprint density at radius 3 is 2.31 bits per heavy atom. The van der Waals surface area contributed by atoms with E-state index in [1.807, 2.05) is 0 Å². The number of carbonyl (C=O) groups excluding carboxylic acids is 3. The van der Waals surface area contributed by atoms with Gasteiger partial charge < -0.3 is 19.1 Å². The highest BCUT2D eigenvalue weighted by Gasteiger charge is 2.48. The zero-order valence-corrected chi connectivity index (χ0v) is 17.5. The maximum atomic E-state index is 13.4. The van der Waals surface area contributed by atoms with E-state index in [-0.39, 0.29) is 18.9 Å². The van der Waals surface area contributed by atoms with Crippen molar-refractivity contribution < 1.29 is 41.8 Å². The van der Waals surface area contributed by atoms with Gasteiger partial charge in [-0.05, 0) is 38.1 Å². The molecule has 0 aliphatic carbocycles. The van der Waals surface area contributed by atoms with E-state index in [0.717, 1.165) is 6.08 Å². The average Bonchev–Trinajstić information content (AvgIpc) is 2.76. The average molecular weight is 451 g/mol. The number of hydrogen-bond acceptors (Lipinski definition) is 7. The third-order valence-corrected chi connectivity index (χ3v) is 4.83. The fraction of sp³-hybridized carbons (Fsp3) is 0.318. The largest absolute Gasteiger partial charge is 0.497 e. The number of benzene rings is 1. The Hall–Kier alpha value is -3.56. The molecule has 0 bridgehead atoms. The smallest absolute Gasteiger partial charge is 0.454 e. The molecule has 1 unspecified atom stereocenters. The Labute approximate surface area is 181 Å². The van der Waals surface area contributed by atoms with E-state index in [2.05, 4.69) is 0 Å². The fourth-order valence-corrected chi connectivity index (χ4v) is 3.52. The summed E-state index contributed by atoms with van der Waals surface area (Å²) < 4.78 is 55.3. The third kappa shape index (κ3) is 4.12. The van der Waals surface area contributed by atoms with E-state index in [4.69, 9.17) is 14.2 Å². The first-order valence-corrected chi connectivity index (χ1v) is 9.71. The Kier molecular flexibility index (Phi) is 6.42. The van der Waals surface area contributed by atoms with Crippen molar-refractivity contribution in [3.8, 4) is 5.75 Å². The Balaban J connectivity index is 2.31. The van der Waals surface area contributed by atoms with Crippen LogP contribution in [0.1, 0.15) is 19.4 Å². The standard InChI is InChI=1S/C22H20F3NO6/c1-4-31-20(28)15-11-14(19(27)22(23,24)25)17-8-6-12-10-13(30-3)7-9-16(12)26(17)18(15)21(29)32-5-2/h6-11,17H,4-5H2,1-3H3. The molecule has 0 spiro atoms. The Bertz CT molecular complexity index is 1050. The van der Waals surface area contributed by atoms with Gasteiger partial charge in [-0.15, -0.1) is 0 Å². The number of anilines is 1. The second-order valence-electron chi connectivity index (χ2n) is 6.73. The molecule has 0 saturated carbocycles. The zero-order chi connectivity index (χ0) is 23.6. The lowest BCUT2D eigenvalue weighted by Gasteiger charge is -2.40. The first-order chi connectivity index (χ1) is 15.1. The van der Waals surface area contributed by atoms with Crippen molar-refractivity contribution >= 4 is 29.5 Å². The van der Waals surface area contributed by atoms with Crippen LogP contribution in [0.25, 0.3) is 6.08 Å². The van der Waals surface area contributed by atoms with Gasteiger partial charge in [-0.1, -0.05) is 12.2 Å². The molecule has 0 amide bonds. The summed E-state index contributed by atoms with van der Waals surface area (Å²) in [5.41, 5.74) is -0.725. The SMILES string of the molecule is CCOC(=O)C1=C(C(=O)OCC)N2c3ccc(OC)cc3C=CC2C(C(=O)C(F)(F)F)=C1. The lowest BCUT2D eigenvalue weighted by molar-refractivity contribution is -0.166. The van der Waals surface area contributed by atoms with Gasteiger partial charge in [0.05, 0.1) is 31.9 Å². The molecule has 3 rings (SSSR count). The topological polar surface area (TPSA) is 82.1 Å². The first kappa shape index (κ1) is 23.1. The van der Waals surface area contributed by atoms with Gasteiger partial charge in [-0.2, -0.15) is 13.2 Å². The molecule has 0 radical (unpaired) electrons. The maximum absolute atomic E-state index is 13.4. The van der Waals surface area contributed by atoms with E-state index >= 15 is 0 Å². The number of Topliss-reactive ketones (excluding diaryl/α,β-unsaturated/α-hetero) is 1. The van der Waals surface area contributed by atoms with Crippen molar-refractivity contribution in [2.24, 2.45) is 0 Å². The highest BCUT2D eigenvalue weighted by molar-refractivity contribution is 6.12. The number of methoxy groups -OCH3 is 1. The highest BCUT2D eigenvalue weighted by Crippen LogP contribution is 2.42. The number of halogens is 3. The van der Waals surface area contributed by atoms with Crippen molar-refractivity contribution in [3.63, 3.8) is 0 Å². The molecule has 0 fully saturated rings. The van der Waals surface area contributed by atoms with Gasteiger partial charge >= 0.3 is 18.1 Å². The number of ketones is 1. The molecule has 2 heterocycles. The molecule has 32 heavy (non-hydrogen) atoms. The number of ether oxygens (including phenoxy) is 3. The van der Waals surface area contributed by atoms with E-state index in [1.165, 1.54) is 37.2 Å². The van der Waals surface area contributed by atoms with Crippen molar-refractivity contribution in [2.45, 2.75) is 26.1 Å². The molecule has 170 valence electrons. The lowest BCUT2D eigenvalue weighted by Crippen LogP contribution is -2.47. The summed E-state index contributed by atoms with van der Waals surface area (Å²) in [7, 11) is 1.45. The van der Waals surface area contributed by atoms with Crippen LogP contribution in [0.2, 0.25) is 0 Å². The molecule has 0 N–H and O–H groups in total. The predicted octanol–water partition coefficient (Wildman–Crippen LogP) is 3.35. The van der Waals surface area contributed by atoms with Crippen LogP contribution in [0.5, 0.6) is 5.75 Å². The minimum absolute atomic E-state index is 0.0414. The molecular formula is C22H20F3NO6. The molecule has 0 aromatic heterocycles. The number of alkyl halides is 3. The summed E-state index contributed by atoms with van der Waals surface area (Å²) >= 11 is 0. The van der Waals surface area contributed by atoms with Crippen LogP contribution >= 0.6 is 0 Å². The van der Waals surface area contributed by atoms with Gasteiger partial charge in [0.25, 0.3) is 5.78 Å². The number of nitrogens with zero attached hydrogens (tertiary/aromatic N) is 1. The van der Waals surface area contributed by atoms with E-state index in [9.17, 15) is 27.6 Å². The van der Waals surface area contributed by atoms with Gasteiger partial charge in [0.15, 0.2) is 0 Å². The van der Waals surface area contributed by atoms with Crippen LogP contribution in [-0.2, 0) is 23.9 Å². The first-order valence-electron chi connectivity index (χ1n) is 9.71. The molecule has 2 aliphatic rings. The van der Waals surface area contributed by atoms with Gasteiger partial charge in [0.2, 0.25) is 0 Å². The monoisotopic (exact) mass is 451 g/mol. The number of hydrogen-bond donors (Lipinski definition) is 0. The number of carbonyl (C=O) groups is 3. The molecule has 7 nitrogen and oxygen atoms in total. The van der Waals surface area contributed by atoms with Crippen LogP contribution in [-0.4, -0.2) is 50.3 Å². The Morgan fingerprint density at radius 1 is 1.06 bits per heavy atom. The number of esters is 2. The molecule has 1 aromatic rings. The summed E-state index contributed by atoms with van der Waals surface area (Å²) in [5.74, 6) is -3.64. The van der Waals surface area contributed by atoms with Crippen LogP contribution in [0.15, 0.2) is 47.2 Å². The summed E-state index contributed by atoms with van der Waals surface area (Å²) in [6.07, 6.45) is -1.56. The van der Waals surface area contributed by atoms with Crippen molar-refractivity contribution in [2.75, 3.05) is 25.2 Å². The van der Waals surface area contributed by atoms with Gasteiger partial charge in [-0.3, -0.25) is 4.79 Å². The lowest BCUT2D eigenvalue weighted by atomic mass is 9.88. The third-order valence-electron chi connectivity index (χ3n) is 4.83. The van der Waals surface area contributed by atoms with Crippen LogP contribution in [0.4, 0.5) is 18.9 Å². The van der Waals surface area contributed by atoms with E-state index in [0.29, 0.717) is 17.0 Å². The molecule has 2 aliphatic heterocycles. The minimum atomic E-state index is -5.19. The van der Waals surface area contributed by atoms with Crippen molar-refractivity contribution in [1.82, 2.24) is 0 Å². The van der Waals surface area contributed by atoms with Crippen molar-refractivity contribution in [1.29, 1.82) is 0 Å². The van der Waals surface area contributed by atoms with Crippen molar-refractivity contribution in [3.05, 3.63) is 52.8 Å². The normalized spacial score (nSPS) is 17.2. The second kappa shape index (κ2) is 8.89. The number of rotatable bonds is 6. The predicted molar refractivity (Wildman–Crippen MR) is 108 cm³/mol. The molecule has 10 heteroatoms. The van der Waals surface area contributed by atoms with Gasteiger partial charge in [0.1, 0.15) is 11.4 Å². The zero-order valence-electron chi connectivity index (χ0n) is 17.5.